The molecular formula is C16H16N2O4. The summed E-state index contributed by atoms with van der Waals surface area (Å²) < 4.78 is 4.67. The Bertz CT molecular complexity index is 741. The van der Waals surface area contributed by atoms with Crippen LogP contribution in [0.4, 0.5) is 5.69 Å². The number of hydrogen-bond acceptors (Lipinski definition) is 5. The van der Waals surface area contributed by atoms with Gasteiger partial charge in [0.05, 0.1) is 24.0 Å². The van der Waals surface area contributed by atoms with Crippen LogP contribution in [0.2, 0.25) is 0 Å². The summed E-state index contributed by atoms with van der Waals surface area (Å²) in [4.78, 5) is 26.5. The van der Waals surface area contributed by atoms with Crippen LogP contribution in [0.15, 0.2) is 30.6 Å². The number of carbonyl (C=O) groups excluding carboxylic acids is 1. The molecule has 1 aromatic carbocycles. The second-order valence-electron chi connectivity index (χ2n) is 5.00. The number of nitro benzene ring substituents is 1. The average Bonchev–Trinajstić information content (AvgIpc) is 2.50. The molecule has 0 aliphatic heterocycles. The molecule has 0 unspecified atom stereocenters. The molecule has 0 aliphatic rings. The Morgan fingerprint density at radius 2 is 1.95 bits per heavy atom. The lowest BCUT2D eigenvalue weighted by Crippen LogP contribution is -2.06. The smallest absolute Gasteiger partial charge is 0.310 e. The lowest BCUT2D eigenvalue weighted by Gasteiger charge is -2.11. The van der Waals surface area contributed by atoms with Crippen molar-refractivity contribution in [2.24, 2.45) is 0 Å². The minimum Gasteiger partial charge on any atom is -0.469 e. The molecule has 2 aromatic rings. The van der Waals surface area contributed by atoms with Crippen molar-refractivity contribution in [3.8, 4) is 11.1 Å². The van der Waals surface area contributed by atoms with Crippen molar-refractivity contribution in [1.82, 2.24) is 4.98 Å². The quantitative estimate of drug-likeness (QED) is 0.492. The fraction of sp³-hybridized carbons (Fsp3) is 0.250. The third kappa shape index (κ3) is 3.11. The molecule has 0 amide bonds. The molecule has 0 saturated heterocycles. The van der Waals surface area contributed by atoms with E-state index in [1.807, 2.05) is 13.8 Å². The van der Waals surface area contributed by atoms with E-state index in [1.54, 1.807) is 24.4 Å². The van der Waals surface area contributed by atoms with Crippen LogP contribution in [-0.4, -0.2) is 23.0 Å². The van der Waals surface area contributed by atoms with Gasteiger partial charge in [0, 0.05) is 24.0 Å². The van der Waals surface area contributed by atoms with Gasteiger partial charge in [0.25, 0.3) is 5.69 Å². The summed E-state index contributed by atoms with van der Waals surface area (Å²) in [6.45, 7) is 3.71. The van der Waals surface area contributed by atoms with E-state index >= 15 is 0 Å². The molecule has 0 atom stereocenters. The Labute approximate surface area is 127 Å². The maximum atomic E-state index is 11.5. The minimum absolute atomic E-state index is 0.00205. The zero-order valence-electron chi connectivity index (χ0n) is 12.6. The summed E-state index contributed by atoms with van der Waals surface area (Å²) >= 11 is 0. The van der Waals surface area contributed by atoms with Crippen molar-refractivity contribution >= 4 is 11.7 Å². The van der Waals surface area contributed by atoms with E-state index in [-0.39, 0.29) is 12.1 Å². The van der Waals surface area contributed by atoms with Crippen molar-refractivity contribution in [2.75, 3.05) is 7.11 Å². The SMILES string of the molecule is COC(=O)Cc1ccncc1-c1cc(C)c(C)cc1[N+](=O)[O-]. The van der Waals surface area contributed by atoms with Crippen LogP contribution in [0.3, 0.4) is 0 Å². The Hall–Kier alpha value is -2.76. The first-order valence-electron chi connectivity index (χ1n) is 6.69. The van der Waals surface area contributed by atoms with Gasteiger partial charge in [-0.3, -0.25) is 19.9 Å². The molecule has 0 radical (unpaired) electrons. The van der Waals surface area contributed by atoms with Crippen molar-refractivity contribution < 1.29 is 14.5 Å². The molecule has 0 fully saturated rings. The second-order valence-corrected chi connectivity index (χ2v) is 5.00. The number of rotatable bonds is 4. The normalized spacial score (nSPS) is 10.3. The van der Waals surface area contributed by atoms with E-state index in [0.29, 0.717) is 16.7 Å². The highest BCUT2D eigenvalue weighted by molar-refractivity contribution is 5.81. The van der Waals surface area contributed by atoms with Gasteiger partial charge in [-0.2, -0.15) is 0 Å². The molecule has 6 nitrogen and oxygen atoms in total. The maximum absolute atomic E-state index is 11.5. The zero-order valence-corrected chi connectivity index (χ0v) is 12.6. The Kier molecular flexibility index (Phi) is 4.50. The van der Waals surface area contributed by atoms with E-state index in [9.17, 15) is 14.9 Å². The van der Waals surface area contributed by atoms with E-state index in [2.05, 4.69) is 9.72 Å². The predicted molar refractivity (Wildman–Crippen MR) is 81.5 cm³/mol. The van der Waals surface area contributed by atoms with Crippen LogP contribution in [0, 0.1) is 24.0 Å². The fourth-order valence-corrected chi connectivity index (χ4v) is 2.22. The van der Waals surface area contributed by atoms with E-state index < -0.39 is 10.9 Å². The molecule has 22 heavy (non-hydrogen) atoms. The Morgan fingerprint density at radius 1 is 1.27 bits per heavy atom. The van der Waals surface area contributed by atoms with E-state index in [1.165, 1.54) is 13.3 Å². The number of benzene rings is 1. The van der Waals surface area contributed by atoms with Crippen LogP contribution in [0.25, 0.3) is 11.1 Å². The van der Waals surface area contributed by atoms with Gasteiger partial charge in [-0.05, 0) is 42.7 Å². The summed E-state index contributed by atoms with van der Waals surface area (Å²) in [7, 11) is 1.31. The number of pyridine rings is 1. The fourth-order valence-electron chi connectivity index (χ4n) is 2.22. The standard InChI is InChI=1S/C16H16N2O4/c1-10-6-13(15(18(20)21)7-11(10)2)14-9-17-5-4-12(14)8-16(19)22-3/h4-7,9H,8H2,1-3H3. The zero-order chi connectivity index (χ0) is 16.3. The third-order valence-corrected chi connectivity index (χ3v) is 3.57. The first kappa shape index (κ1) is 15.6. The highest BCUT2D eigenvalue weighted by atomic mass is 16.6. The molecule has 0 aliphatic carbocycles. The van der Waals surface area contributed by atoms with Gasteiger partial charge in [-0.15, -0.1) is 0 Å². The van der Waals surface area contributed by atoms with Crippen molar-refractivity contribution in [2.45, 2.75) is 20.3 Å². The topological polar surface area (TPSA) is 82.3 Å². The van der Waals surface area contributed by atoms with E-state index in [4.69, 9.17) is 0 Å². The number of aryl methyl sites for hydroxylation is 2. The number of nitrogens with zero attached hydrogens (tertiary/aromatic N) is 2. The highest BCUT2D eigenvalue weighted by Gasteiger charge is 2.20. The molecular weight excluding hydrogens is 284 g/mol. The van der Waals surface area contributed by atoms with Gasteiger partial charge in [0.1, 0.15) is 0 Å². The van der Waals surface area contributed by atoms with Gasteiger partial charge in [0.2, 0.25) is 0 Å². The molecule has 1 heterocycles. The van der Waals surface area contributed by atoms with E-state index in [0.717, 1.165) is 11.1 Å². The van der Waals surface area contributed by atoms with Gasteiger partial charge >= 0.3 is 5.97 Å². The van der Waals surface area contributed by atoms with Crippen molar-refractivity contribution in [3.05, 3.63) is 57.4 Å². The van der Waals surface area contributed by atoms with Crippen LogP contribution in [0.5, 0.6) is 0 Å². The van der Waals surface area contributed by atoms with Crippen molar-refractivity contribution in [3.63, 3.8) is 0 Å². The number of nitro groups is 1. The number of aromatic nitrogens is 1. The molecule has 0 bridgehead atoms. The average molecular weight is 300 g/mol. The molecule has 1 aromatic heterocycles. The van der Waals surface area contributed by atoms with Crippen LogP contribution in [-0.2, 0) is 16.0 Å². The summed E-state index contributed by atoms with van der Waals surface area (Å²) in [6.07, 6.45) is 3.13. The Balaban J connectivity index is 2.64. The molecule has 6 heteroatoms. The van der Waals surface area contributed by atoms with Gasteiger partial charge < -0.3 is 4.74 Å². The monoisotopic (exact) mass is 300 g/mol. The maximum Gasteiger partial charge on any atom is 0.310 e. The molecule has 0 spiro atoms. The predicted octanol–water partition coefficient (Wildman–Crippen LogP) is 2.99. The Morgan fingerprint density at radius 3 is 2.59 bits per heavy atom. The van der Waals surface area contributed by atoms with Crippen LogP contribution < -0.4 is 0 Å². The summed E-state index contributed by atoms with van der Waals surface area (Å²) in [5.74, 6) is -0.404. The number of carbonyl (C=O) groups is 1. The van der Waals surface area contributed by atoms with Gasteiger partial charge in [-0.25, -0.2) is 0 Å². The molecule has 2 rings (SSSR count). The number of esters is 1. The summed E-state index contributed by atoms with van der Waals surface area (Å²) in [6, 6.07) is 4.97. The summed E-state index contributed by atoms with van der Waals surface area (Å²) in [5, 5.41) is 11.3. The minimum atomic E-state index is -0.420. The second kappa shape index (κ2) is 6.34. The molecule has 114 valence electrons. The van der Waals surface area contributed by atoms with Crippen LogP contribution >= 0.6 is 0 Å². The number of ether oxygens (including phenoxy) is 1. The first-order valence-corrected chi connectivity index (χ1v) is 6.69. The largest absolute Gasteiger partial charge is 0.469 e. The summed E-state index contributed by atoms with van der Waals surface area (Å²) in [5.41, 5.74) is 3.46. The first-order chi connectivity index (χ1) is 10.4. The number of hydrogen-bond donors (Lipinski definition) is 0. The van der Waals surface area contributed by atoms with Crippen molar-refractivity contribution in [1.29, 1.82) is 0 Å². The highest BCUT2D eigenvalue weighted by Crippen LogP contribution is 2.34. The molecule has 0 N–H and O–H groups in total. The molecule has 0 saturated carbocycles. The van der Waals surface area contributed by atoms with Crippen LogP contribution in [0.1, 0.15) is 16.7 Å². The third-order valence-electron chi connectivity index (χ3n) is 3.57. The lowest BCUT2D eigenvalue weighted by molar-refractivity contribution is -0.384. The van der Waals surface area contributed by atoms with Gasteiger partial charge in [0.15, 0.2) is 0 Å². The lowest BCUT2D eigenvalue weighted by atomic mass is 9.95. The van der Waals surface area contributed by atoms with Gasteiger partial charge in [-0.1, -0.05) is 0 Å². The number of methoxy groups -OCH3 is 1.